The molecule has 2 aromatic rings. The molecule has 0 saturated carbocycles. The number of hydrogen-bond donors (Lipinski definition) is 2. The molecule has 2 aromatic heterocycles. The Morgan fingerprint density at radius 1 is 1.38 bits per heavy atom. The van der Waals surface area contributed by atoms with E-state index < -0.39 is 10.0 Å². The Balaban J connectivity index is 2.17. The summed E-state index contributed by atoms with van der Waals surface area (Å²) in [6.45, 7) is 2.72. The smallest absolute Gasteiger partial charge is 0.242 e. The van der Waals surface area contributed by atoms with Crippen molar-refractivity contribution in [2.75, 3.05) is 7.05 Å². The molecule has 0 aliphatic rings. The van der Waals surface area contributed by atoms with Gasteiger partial charge in [0.1, 0.15) is 4.90 Å². The van der Waals surface area contributed by atoms with Gasteiger partial charge in [0.15, 0.2) is 0 Å². The topological polar surface area (TPSA) is 71.1 Å². The molecule has 0 aliphatic heterocycles. The lowest BCUT2D eigenvalue weighted by Crippen LogP contribution is -2.24. The zero-order valence-electron chi connectivity index (χ0n) is 11.7. The largest absolute Gasteiger partial charge is 0.315 e. The van der Waals surface area contributed by atoms with Crippen molar-refractivity contribution in [3.8, 4) is 0 Å². The van der Waals surface area contributed by atoms with E-state index in [2.05, 4.69) is 31.0 Å². The molecule has 0 aliphatic carbocycles. The highest BCUT2D eigenvalue weighted by atomic mass is 79.9. The van der Waals surface area contributed by atoms with Crippen LogP contribution < -0.4 is 10.0 Å². The zero-order valence-corrected chi connectivity index (χ0v) is 14.9. The quantitative estimate of drug-likeness (QED) is 0.795. The lowest BCUT2D eigenvalue weighted by Gasteiger charge is -2.07. The number of nitrogens with one attached hydrogen (secondary N) is 2. The first-order chi connectivity index (χ1) is 9.94. The van der Waals surface area contributed by atoms with Gasteiger partial charge in [0.25, 0.3) is 0 Å². The van der Waals surface area contributed by atoms with Crippen LogP contribution in [0.15, 0.2) is 33.1 Å². The van der Waals surface area contributed by atoms with Crippen LogP contribution in [0, 0.1) is 6.92 Å². The van der Waals surface area contributed by atoms with Crippen molar-refractivity contribution < 1.29 is 8.42 Å². The molecular weight excluding hydrogens is 374 g/mol. The Labute approximate surface area is 137 Å². The monoisotopic (exact) mass is 389 g/mol. The summed E-state index contributed by atoms with van der Waals surface area (Å²) in [5.74, 6) is 0. The fraction of sp³-hybridized carbons (Fsp3) is 0.308. The first-order valence-electron chi connectivity index (χ1n) is 6.27. The zero-order chi connectivity index (χ0) is 15.5. The van der Waals surface area contributed by atoms with Crippen LogP contribution in [-0.2, 0) is 23.1 Å². The molecule has 0 radical (unpaired) electrons. The van der Waals surface area contributed by atoms with Crippen molar-refractivity contribution in [1.82, 2.24) is 15.0 Å². The molecule has 0 fully saturated rings. The molecule has 8 heteroatoms. The summed E-state index contributed by atoms with van der Waals surface area (Å²) >= 11 is 4.73. The van der Waals surface area contributed by atoms with Gasteiger partial charge in [-0.25, -0.2) is 13.1 Å². The Morgan fingerprint density at radius 2 is 2.14 bits per heavy atom. The van der Waals surface area contributed by atoms with Gasteiger partial charge < -0.3 is 5.32 Å². The third-order valence-corrected chi connectivity index (χ3v) is 6.55. The van der Waals surface area contributed by atoms with E-state index in [4.69, 9.17) is 0 Å². The lowest BCUT2D eigenvalue weighted by atomic mass is 10.2. The SMILES string of the molecule is CNCc1cc(S(=O)(=O)NCc2ncccc2C)c(Br)s1. The highest BCUT2D eigenvalue weighted by Gasteiger charge is 2.21. The number of hydrogen-bond acceptors (Lipinski definition) is 5. The van der Waals surface area contributed by atoms with Gasteiger partial charge in [0.05, 0.1) is 16.0 Å². The second-order valence-corrected chi connectivity index (χ2v) is 8.66. The first kappa shape index (κ1) is 16.6. The predicted octanol–water partition coefficient (Wildman–Crippen LogP) is 2.41. The minimum atomic E-state index is -3.56. The van der Waals surface area contributed by atoms with Gasteiger partial charge in [-0.05, 0) is 47.6 Å². The fourth-order valence-corrected chi connectivity index (χ4v) is 5.47. The number of pyridine rings is 1. The third-order valence-electron chi connectivity index (χ3n) is 2.89. The van der Waals surface area contributed by atoms with Gasteiger partial charge >= 0.3 is 0 Å². The molecule has 0 bridgehead atoms. The fourth-order valence-electron chi connectivity index (χ4n) is 1.79. The molecule has 21 heavy (non-hydrogen) atoms. The minimum absolute atomic E-state index is 0.179. The number of nitrogens with zero attached hydrogens (tertiary/aromatic N) is 1. The molecule has 0 atom stereocenters. The van der Waals surface area contributed by atoms with Gasteiger partial charge in [-0.2, -0.15) is 0 Å². The minimum Gasteiger partial charge on any atom is -0.315 e. The highest BCUT2D eigenvalue weighted by molar-refractivity contribution is 9.11. The number of aryl methyl sites for hydroxylation is 1. The van der Waals surface area contributed by atoms with E-state index in [0.29, 0.717) is 10.3 Å². The molecule has 0 unspecified atom stereocenters. The first-order valence-corrected chi connectivity index (χ1v) is 9.36. The summed E-state index contributed by atoms with van der Waals surface area (Å²) in [6.07, 6.45) is 1.65. The average Bonchev–Trinajstić information content (AvgIpc) is 2.80. The van der Waals surface area contributed by atoms with Gasteiger partial charge in [0, 0.05) is 17.6 Å². The van der Waals surface area contributed by atoms with Crippen molar-refractivity contribution in [2.24, 2.45) is 0 Å². The number of aromatic nitrogens is 1. The summed E-state index contributed by atoms with van der Waals surface area (Å²) in [5, 5.41) is 3.01. The van der Waals surface area contributed by atoms with E-state index in [1.165, 1.54) is 11.3 Å². The Hall–Kier alpha value is -0.800. The molecule has 114 valence electrons. The van der Waals surface area contributed by atoms with Crippen LogP contribution in [0.25, 0.3) is 0 Å². The van der Waals surface area contributed by atoms with Crippen LogP contribution in [0.3, 0.4) is 0 Å². The van der Waals surface area contributed by atoms with E-state index in [9.17, 15) is 8.42 Å². The molecule has 0 amide bonds. The van der Waals surface area contributed by atoms with Crippen LogP contribution in [0.1, 0.15) is 16.1 Å². The Morgan fingerprint density at radius 3 is 2.81 bits per heavy atom. The Kier molecular flexibility index (Phi) is 5.50. The number of rotatable bonds is 6. The summed E-state index contributed by atoms with van der Waals surface area (Å²) < 4.78 is 27.9. The average molecular weight is 390 g/mol. The van der Waals surface area contributed by atoms with Crippen LogP contribution in [0.5, 0.6) is 0 Å². The number of thiophene rings is 1. The molecule has 0 saturated heterocycles. The maximum Gasteiger partial charge on any atom is 0.242 e. The van der Waals surface area contributed by atoms with Gasteiger partial charge in [-0.3, -0.25) is 4.98 Å². The van der Waals surface area contributed by atoms with E-state index >= 15 is 0 Å². The van der Waals surface area contributed by atoms with E-state index in [1.807, 2.05) is 26.1 Å². The molecule has 2 rings (SSSR count). The molecule has 0 aromatic carbocycles. The number of halogens is 1. The maximum absolute atomic E-state index is 12.4. The molecule has 2 heterocycles. The van der Waals surface area contributed by atoms with Gasteiger partial charge in [-0.15, -0.1) is 11.3 Å². The normalized spacial score (nSPS) is 11.8. The summed E-state index contributed by atoms with van der Waals surface area (Å²) in [4.78, 5) is 5.41. The third kappa shape index (κ3) is 4.10. The summed E-state index contributed by atoms with van der Waals surface area (Å²) in [5.41, 5.74) is 1.68. The van der Waals surface area contributed by atoms with Crippen LogP contribution in [0.4, 0.5) is 0 Å². The highest BCUT2D eigenvalue weighted by Crippen LogP contribution is 2.31. The molecule has 0 spiro atoms. The molecule has 5 nitrogen and oxygen atoms in total. The number of sulfonamides is 1. The second kappa shape index (κ2) is 6.97. The predicted molar refractivity (Wildman–Crippen MR) is 87.8 cm³/mol. The van der Waals surface area contributed by atoms with E-state index in [-0.39, 0.29) is 11.4 Å². The summed E-state index contributed by atoms with van der Waals surface area (Å²) in [6, 6.07) is 5.41. The standard InChI is InChI=1S/C13H16BrN3O2S2/c1-9-4-3-5-16-11(9)8-17-21(18,19)12-6-10(7-15-2)20-13(12)14/h3-6,15,17H,7-8H2,1-2H3. The van der Waals surface area contributed by atoms with E-state index in [0.717, 1.165) is 16.1 Å². The summed E-state index contributed by atoms with van der Waals surface area (Å²) in [7, 11) is -1.73. The van der Waals surface area contributed by atoms with Crippen LogP contribution in [-0.4, -0.2) is 20.4 Å². The van der Waals surface area contributed by atoms with Crippen molar-refractivity contribution in [3.05, 3.63) is 44.3 Å². The van der Waals surface area contributed by atoms with Crippen LogP contribution in [0.2, 0.25) is 0 Å². The van der Waals surface area contributed by atoms with Crippen molar-refractivity contribution in [2.45, 2.75) is 24.9 Å². The van der Waals surface area contributed by atoms with Crippen molar-refractivity contribution >= 4 is 37.3 Å². The van der Waals surface area contributed by atoms with Crippen molar-refractivity contribution in [1.29, 1.82) is 0 Å². The van der Waals surface area contributed by atoms with Gasteiger partial charge in [-0.1, -0.05) is 6.07 Å². The Bertz CT molecular complexity index is 729. The molecular formula is C13H16BrN3O2S2. The van der Waals surface area contributed by atoms with Crippen molar-refractivity contribution in [3.63, 3.8) is 0 Å². The lowest BCUT2D eigenvalue weighted by molar-refractivity contribution is 0.580. The second-order valence-electron chi connectivity index (χ2n) is 4.47. The maximum atomic E-state index is 12.4. The van der Waals surface area contributed by atoms with E-state index in [1.54, 1.807) is 12.3 Å². The van der Waals surface area contributed by atoms with Gasteiger partial charge in [0.2, 0.25) is 10.0 Å². The van der Waals surface area contributed by atoms with Crippen LogP contribution >= 0.6 is 27.3 Å². The molecule has 2 N–H and O–H groups in total.